The van der Waals surface area contributed by atoms with Gasteiger partial charge in [-0.25, -0.2) is 0 Å². The number of hydrogen-bond acceptors (Lipinski definition) is 4. The van der Waals surface area contributed by atoms with Crippen molar-refractivity contribution < 1.29 is 56.1 Å². The summed E-state index contributed by atoms with van der Waals surface area (Å²) in [6.07, 6.45) is 0. The van der Waals surface area contributed by atoms with Gasteiger partial charge in [0.25, 0.3) is 0 Å². The maximum atomic E-state index is 5.90. The zero-order valence-corrected chi connectivity index (χ0v) is 20.7. The molecule has 1 aromatic heterocycles. The van der Waals surface area contributed by atoms with Crippen LogP contribution < -0.4 is 56.1 Å². The number of hydrogen-bond donors (Lipinski definition) is 0. The molecule has 0 unspecified atom stereocenters. The maximum Gasteiger partial charge on any atom is 1.00 e. The molecule has 0 aliphatic rings. The fraction of sp³-hybridized carbons (Fsp3) is 0.0909. The molecule has 29 heavy (non-hydrogen) atoms. The largest absolute Gasteiger partial charge is 1.00 e. The third kappa shape index (κ3) is 5.89. The average molecular weight is 446 g/mol. The summed E-state index contributed by atoms with van der Waals surface area (Å²) in [6, 6.07) is 25.9. The monoisotopic (exact) mass is 445 g/mol. The molecule has 0 spiro atoms. The Morgan fingerprint density at radius 1 is 0.828 bits per heavy atom. The van der Waals surface area contributed by atoms with Gasteiger partial charge in [0, 0.05) is 16.7 Å². The summed E-state index contributed by atoms with van der Waals surface area (Å²) < 4.78 is 7.68. The van der Waals surface area contributed by atoms with E-state index in [-0.39, 0.29) is 58.0 Å². The summed E-state index contributed by atoms with van der Waals surface area (Å²) in [7, 11) is 0. The van der Waals surface area contributed by atoms with Crippen LogP contribution in [0, 0.1) is 0 Å². The molecule has 7 heteroatoms. The zero-order chi connectivity index (χ0) is 19.3. The van der Waals surface area contributed by atoms with Gasteiger partial charge in [0.15, 0.2) is 5.82 Å². The van der Waals surface area contributed by atoms with Gasteiger partial charge in [-0.1, -0.05) is 66.2 Å². The Balaban J connectivity index is 0.00000240. The second-order valence-corrected chi connectivity index (χ2v) is 7.09. The van der Waals surface area contributed by atoms with Crippen molar-refractivity contribution in [2.75, 3.05) is 0 Å². The van der Waals surface area contributed by atoms with Gasteiger partial charge in [-0.2, -0.15) is 5.10 Å². The zero-order valence-electron chi connectivity index (χ0n) is 16.0. The minimum absolute atomic E-state index is 0. The molecule has 0 saturated heterocycles. The number of rotatable bonds is 6. The van der Waals surface area contributed by atoms with E-state index in [9.17, 15) is 0 Å². The van der Waals surface area contributed by atoms with Gasteiger partial charge in [-0.3, -0.25) is 0 Å². The first-order valence-corrected chi connectivity index (χ1v) is 9.59. The number of nitrogens with zero attached hydrogens (tertiary/aromatic N) is 3. The van der Waals surface area contributed by atoms with Crippen LogP contribution in [-0.2, 0) is 25.8 Å². The van der Waals surface area contributed by atoms with E-state index in [0.29, 0.717) is 22.5 Å². The van der Waals surface area contributed by atoms with Crippen molar-refractivity contribution in [3.05, 3.63) is 95.3 Å². The molecular weight excluding hydrogens is 429 g/mol. The Kier molecular flexibility index (Phi) is 8.26. The number of ether oxygens (including phenoxy) is 1. The average Bonchev–Trinajstić information content (AvgIpc) is 3.08. The van der Waals surface area contributed by atoms with Gasteiger partial charge in [-0.05, 0) is 41.0 Å². The molecule has 3 aromatic carbocycles. The number of aromatic nitrogens is 3. The minimum Gasteiger partial charge on any atom is -0.740 e. The smallest absolute Gasteiger partial charge is 0.740 e. The van der Waals surface area contributed by atoms with Crippen molar-refractivity contribution in [3.63, 3.8) is 0 Å². The molecule has 0 aliphatic heterocycles. The van der Waals surface area contributed by atoms with E-state index in [1.165, 1.54) is 11.1 Å². The van der Waals surface area contributed by atoms with Crippen LogP contribution in [0.25, 0.3) is 11.1 Å². The fourth-order valence-corrected chi connectivity index (χ4v) is 3.22. The Morgan fingerprint density at radius 2 is 1.48 bits per heavy atom. The quantitative estimate of drug-likeness (QED) is 0.337. The summed E-state index contributed by atoms with van der Waals surface area (Å²) in [5.74, 6) is 1.41. The minimum atomic E-state index is 0. The third-order valence-corrected chi connectivity index (χ3v) is 4.93. The predicted molar refractivity (Wildman–Crippen MR) is 112 cm³/mol. The molecule has 0 amide bonds. The summed E-state index contributed by atoms with van der Waals surface area (Å²) in [6.45, 7) is 0.883. The summed E-state index contributed by atoms with van der Waals surface area (Å²) in [4.78, 5) is 0. The molecule has 4 aromatic rings. The van der Waals surface area contributed by atoms with Crippen molar-refractivity contribution in [3.8, 4) is 16.9 Å². The second kappa shape index (κ2) is 10.7. The van der Waals surface area contributed by atoms with Crippen LogP contribution in [-0.4, -0.2) is 14.8 Å². The molecule has 0 fully saturated rings. The molecule has 0 radical (unpaired) electrons. The molecule has 4 nitrogen and oxygen atoms in total. The summed E-state index contributed by atoms with van der Waals surface area (Å²) in [5, 5.41) is 9.31. The van der Waals surface area contributed by atoms with Gasteiger partial charge in [0.05, 0.1) is 0 Å². The van der Waals surface area contributed by atoms with Crippen LogP contribution in [0.15, 0.2) is 84.0 Å². The normalized spacial score (nSPS) is 10.4. The maximum absolute atomic E-state index is 5.90. The fourth-order valence-electron chi connectivity index (χ4n) is 2.88. The van der Waals surface area contributed by atoms with E-state index in [4.69, 9.17) is 29.0 Å². The van der Waals surface area contributed by atoms with Crippen LogP contribution in [0.1, 0.15) is 11.4 Å². The Bertz CT molecular complexity index is 1050. The van der Waals surface area contributed by atoms with Crippen molar-refractivity contribution in [1.29, 1.82) is 0 Å². The topological polar surface area (TPSA) is 39.9 Å². The van der Waals surface area contributed by atoms with Crippen molar-refractivity contribution in [2.45, 2.75) is 18.3 Å². The standard InChI is InChI=1S/C22H18ClN3OS.K/c23-19-10-12-20(13-11-19)27-15-21-24-25-22(28)26(21)14-16-6-8-18(9-7-16)17-4-2-1-3-5-17;/h1-13H,14-15H2,(H,25,28);/q;+1/p-1. The first-order chi connectivity index (χ1) is 13.7. The van der Waals surface area contributed by atoms with E-state index >= 15 is 0 Å². The molecule has 0 aliphatic carbocycles. The second-order valence-electron chi connectivity index (χ2n) is 6.29. The summed E-state index contributed by atoms with van der Waals surface area (Å²) >= 11 is 11.2. The third-order valence-electron chi connectivity index (χ3n) is 4.38. The SMILES string of the molecule is [K+].[S-]c1nnc(COc2ccc(Cl)cc2)n1Cc1ccc(-c2ccccc2)cc1. The van der Waals surface area contributed by atoms with Gasteiger partial charge < -0.3 is 21.9 Å². The van der Waals surface area contributed by atoms with E-state index < -0.39 is 0 Å². The molecule has 1 heterocycles. The Hall–Kier alpha value is -1.25. The van der Waals surface area contributed by atoms with Crippen LogP contribution in [0.2, 0.25) is 5.02 Å². The van der Waals surface area contributed by atoms with Crippen LogP contribution in [0.3, 0.4) is 0 Å². The Morgan fingerprint density at radius 3 is 2.17 bits per heavy atom. The van der Waals surface area contributed by atoms with E-state index in [0.717, 1.165) is 11.3 Å². The molecule has 140 valence electrons. The van der Waals surface area contributed by atoms with E-state index in [1.54, 1.807) is 12.1 Å². The van der Waals surface area contributed by atoms with Gasteiger partial charge in [0.2, 0.25) is 0 Å². The molecular formula is C22H17ClKN3OS. The molecule has 0 atom stereocenters. The molecule has 0 saturated carbocycles. The predicted octanol–water partition coefficient (Wildman–Crippen LogP) is 2.14. The van der Waals surface area contributed by atoms with Gasteiger partial charge >= 0.3 is 51.4 Å². The number of benzene rings is 3. The molecule has 0 N–H and O–H groups in total. The van der Waals surface area contributed by atoms with E-state index in [2.05, 4.69) is 46.6 Å². The Labute approximate surface area is 223 Å². The van der Waals surface area contributed by atoms with Crippen molar-refractivity contribution in [2.24, 2.45) is 0 Å². The van der Waals surface area contributed by atoms with Gasteiger partial charge in [0.1, 0.15) is 12.4 Å². The van der Waals surface area contributed by atoms with Gasteiger partial charge in [-0.15, -0.1) is 5.10 Å². The number of halogens is 1. The molecule has 0 bridgehead atoms. The molecule has 4 rings (SSSR count). The van der Waals surface area contributed by atoms with Crippen molar-refractivity contribution >= 4 is 24.2 Å². The van der Waals surface area contributed by atoms with E-state index in [1.807, 2.05) is 34.9 Å². The van der Waals surface area contributed by atoms with Crippen LogP contribution >= 0.6 is 11.6 Å². The first-order valence-electron chi connectivity index (χ1n) is 8.81. The van der Waals surface area contributed by atoms with Crippen LogP contribution in [0.5, 0.6) is 5.75 Å². The first kappa shape index (κ1) is 22.4. The van der Waals surface area contributed by atoms with Crippen LogP contribution in [0.4, 0.5) is 0 Å². The van der Waals surface area contributed by atoms with Crippen molar-refractivity contribution in [1.82, 2.24) is 14.8 Å². The summed E-state index contributed by atoms with van der Waals surface area (Å²) in [5.41, 5.74) is 3.50.